The smallest absolute Gasteiger partial charge is 0.229 e. The molecule has 0 aromatic heterocycles. The van der Waals surface area contributed by atoms with E-state index in [0.717, 1.165) is 24.9 Å². The fraction of sp³-hybridized carbons (Fsp3) is 0.636. The van der Waals surface area contributed by atoms with Crippen molar-refractivity contribution >= 4 is 23.4 Å². The van der Waals surface area contributed by atoms with E-state index in [9.17, 15) is 14.0 Å². The second kappa shape index (κ2) is 8.81. The van der Waals surface area contributed by atoms with Gasteiger partial charge < -0.3 is 9.80 Å². The normalized spacial score (nSPS) is 21.8. The van der Waals surface area contributed by atoms with Gasteiger partial charge in [0.2, 0.25) is 11.8 Å². The standard InChI is InChI=1S/C22H30ClFN2O2/c1-16(2)15-26-19(13-17-3-5-18(24)6-4-17)14-22(21(26)28)8-11-25(12-9-22)20(27)7-10-23/h3-6,16,19H,7-15H2,1-2H3. The molecule has 1 aromatic rings. The second-order valence-electron chi connectivity index (χ2n) is 8.64. The Balaban J connectivity index is 1.74. The zero-order valence-corrected chi connectivity index (χ0v) is 17.6. The number of rotatable bonds is 6. The summed E-state index contributed by atoms with van der Waals surface area (Å²) in [6.45, 7) is 6.24. The summed E-state index contributed by atoms with van der Waals surface area (Å²) >= 11 is 5.70. The average molecular weight is 409 g/mol. The summed E-state index contributed by atoms with van der Waals surface area (Å²) in [7, 11) is 0. The largest absolute Gasteiger partial charge is 0.343 e. The zero-order chi connectivity index (χ0) is 20.3. The number of amides is 2. The minimum atomic E-state index is -0.364. The van der Waals surface area contributed by atoms with Crippen LogP contribution in [-0.4, -0.2) is 53.2 Å². The molecule has 4 nitrogen and oxygen atoms in total. The first-order valence-corrected chi connectivity index (χ1v) is 10.8. The van der Waals surface area contributed by atoms with Crippen LogP contribution in [0.25, 0.3) is 0 Å². The minimum Gasteiger partial charge on any atom is -0.343 e. The highest BCUT2D eigenvalue weighted by atomic mass is 35.5. The molecule has 2 fully saturated rings. The van der Waals surface area contributed by atoms with Crippen LogP contribution >= 0.6 is 11.6 Å². The highest BCUT2D eigenvalue weighted by Gasteiger charge is 2.52. The van der Waals surface area contributed by atoms with Crippen LogP contribution in [0.5, 0.6) is 0 Å². The fourth-order valence-corrected chi connectivity index (χ4v) is 4.82. The Morgan fingerprint density at radius 3 is 2.46 bits per heavy atom. The van der Waals surface area contributed by atoms with E-state index >= 15 is 0 Å². The molecule has 0 radical (unpaired) electrons. The van der Waals surface area contributed by atoms with E-state index < -0.39 is 0 Å². The average Bonchev–Trinajstić information content (AvgIpc) is 2.89. The molecule has 1 aromatic carbocycles. The first-order chi connectivity index (χ1) is 13.3. The lowest BCUT2D eigenvalue weighted by atomic mass is 9.75. The number of carbonyl (C=O) groups is 2. The Bertz CT molecular complexity index is 699. The van der Waals surface area contributed by atoms with Gasteiger partial charge in [0.1, 0.15) is 5.82 Å². The summed E-state index contributed by atoms with van der Waals surface area (Å²) in [6.07, 6.45) is 3.35. The molecule has 1 unspecified atom stereocenters. The summed E-state index contributed by atoms with van der Waals surface area (Å²) in [6, 6.07) is 6.72. The van der Waals surface area contributed by atoms with E-state index in [4.69, 9.17) is 11.6 Å². The Morgan fingerprint density at radius 2 is 1.89 bits per heavy atom. The van der Waals surface area contributed by atoms with Crippen LogP contribution in [-0.2, 0) is 16.0 Å². The summed E-state index contributed by atoms with van der Waals surface area (Å²) in [4.78, 5) is 29.5. The number of alkyl halides is 1. The lowest BCUT2D eigenvalue weighted by Crippen LogP contribution is -2.47. The first-order valence-electron chi connectivity index (χ1n) is 10.2. The monoisotopic (exact) mass is 408 g/mol. The number of likely N-dealkylation sites (tertiary alicyclic amines) is 2. The number of halogens is 2. The maximum atomic E-state index is 13.4. The third-order valence-corrected chi connectivity index (χ3v) is 6.30. The Morgan fingerprint density at radius 1 is 1.25 bits per heavy atom. The van der Waals surface area contributed by atoms with Gasteiger partial charge in [-0.1, -0.05) is 26.0 Å². The molecule has 3 rings (SSSR count). The van der Waals surface area contributed by atoms with Crippen LogP contribution in [0.3, 0.4) is 0 Å². The molecular formula is C22H30ClFN2O2. The van der Waals surface area contributed by atoms with Gasteiger partial charge in [-0.2, -0.15) is 0 Å². The van der Waals surface area contributed by atoms with Crippen LogP contribution in [0.1, 0.15) is 45.1 Å². The van der Waals surface area contributed by atoms with Gasteiger partial charge in [0.25, 0.3) is 0 Å². The van der Waals surface area contributed by atoms with Crippen molar-refractivity contribution in [1.82, 2.24) is 9.80 Å². The quantitative estimate of drug-likeness (QED) is 0.670. The van der Waals surface area contributed by atoms with Gasteiger partial charge in [0, 0.05) is 38.0 Å². The molecule has 2 amide bonds. The van der Waals surface area contributed by atoms with Gasteiger partial charge in [-0.15, -0.1) is 11.6 Å². The number of hydrogen-bond donors (Lipinski definition) is 0. The molecule has 0 bridgehead atoms. The predicted octanol–water partition coefficient (Wildman–Crippen LogP) is 3.86. The molecular weight excluding hydrogens is 379 g/mol. The molecule has 1 spiro atoms. The van der Waals surface area contributed by atoms with E-state index in [1.807, 2.05) is 21.9 Å². The predicted molar refractivity (Wildman–Crippen MR) is 109 cm³/mol. The number of piperidine rings is 1. The van der Waals surface area contributed by atoms with E-state index in [0.29, 0.717) is 44.1 Å². The Hall–Kier alpha value is -1.62. The van der Waals surface area contributed by atoms with E-state index in [2.05, 4.69) is 13.8 Å². The first kappa shape index (κ1) is 21.1. The van der Waals surface area contributed by atoms with Crippen molar-refractivity contribution in [1.29, 1.82) is 0 Å². The van der Waals surface area contributed by atoms with Crippen molar-refractivity contribution in [2.45, 2.75) is 52.0 Å². The van der Waals surface area contributed by atoms with E-state index in [-0.39, 0.29) is 29.1 Å². The zero-order valence-electron chi connectivity index (χ0n) is 16.8. The molecule has 2 aliphatic heterocycles. The molecule has 2 heterocycles. The van der Waals surface area contributed by atoms with E-state index in [1.165, 1.54) is 12.1 Å². The molecule has 0 N–H and O–H groups in total. The number of nitrogens with zero attached hydrogens (tertiary/aromatic N) is 2. The van der Waals surface area contributed by atoms with Crippen molar-refractivity contribution in [2.75, 3.05) is 25.5 Å². The molecule has 0 saturated carbocycles. The van der Waals surface area contributed by atoms with Gasteiger partial charge in [-0.25, -0.2) is 4.39 Å². The van der Waals surface area contributed by atoms with Crippen molar-refractivity contribution in [3.05, 3.63) is 35.6 Å². The van der Waals surface area contributed by atoms with Gasteiger partial charge in [-0.3, -0.25) is 9.59 Å². The summed E-state index contributed by atoms with van der Waals surface area (Å²) in [5, 5.41) is 0. The van der Waals surface area contributed by atoms with Gasteiger partial charge >= 0.3 is 0 Å². The minimum absolute atomic E-state index is 0.0807. The van der Waals surface area contributed by atoms with Crippen molar-refractivity contribution in [2.24, 2.45) is 11.3 Å². The SMILES string of the molecule is CC(C)CN1C(=O)C2(CCN(C(=O)CCCl)CC2)CC1Cc1ccc(F)cc1. The van der Waals surface area contributed by atoms with Crippen LogP contribution in [0.4, 0.5) is 4.39 Å². The third kappa shape index (κ3) is 4.51. The lowest BCUT2D eigenvalue weighted by molar-refractivity contribution is -0.143. The number of benzene rings is 1. The van der Waals surface area contributed by atoms with Crippen LogP contribution in [0, 0.1) is 17.2 Å². The van der Waals surface area contributed by atoms with Crippen molar-refractivity contribution in [3.63, 3.8) is 0 Å². The van der Waals surface area contributed by atoms with Crippen molar-refractivity contribution in [3.8, 4) is 0 Å². The summed E-state index contributed by atoms with van der Waals surface area (Å²) in [5.74, 6) is 0.798. The summed E-state index contributed by atoms with van der Waals surface area (Å²) < 4.78 is 13.2. The molecule has 154 valence electrons. The molecule has 0 aliphatic carbocycles. The number of hydrogen-bond acceptors (Lipinski definition) is 2. The molecule has 1 atom stereocenters. The van der Waals surface area contributed by atoms with Gasteiger partial charge in [0.05, 0.1) is 5.41 Å². The topological polar surface area (TPSA) is 40.6 Å². The molecule has 6 heteroatoms. The highest BCUT2D eigenvalue weighted by Crippen LogP contribution is 2.45. The second-order valence-corrected chi connectivity index (χ2v) is 9.02. The van der Waals surface area contributed by atoms with Crippen molar-refractivity contribution < 1.29 is 14.0 Å². The molecule has 2 saturated heterocycles. The van der Waals surface area contributed by atoms with Gasteiger partial charge in [0.15, 0.2) is 0 Å². The molecule has 2 aliphatic rings. The molecule has 28 heavy (non-hydrogen) atoms. The van der Waals surface area contributed by atoms with Crippen LogP contribution in [0.15, 0.2) is 24.3 Å². The maximum Gasteiger partial charge on any atom is 0.229 e. The Labute approximate surface area is 172 Å². The Kier molecular flexibility index (Phi) is 6.64. The maximum absolute atomic E-state index is 13.4. The number of carbonyl (C=O) groups excluding carboxylic acids is 2. The highest BCUT2D eigenvalue weighted by molar-refractivity contribution is 6.18. The van der Waals surface area contributed by atoms with Crippen LogP contribution in [0.2, 0.25) is 0 Å². The third-order valence-electron chi connectivity index (χ3n) is 6.11. The summed E-state index contributed by atoms with van der Waals surface area (Å²) in [5.41, 5.74) is 0.692. The van der Waals surface area contributed by atoms with Crippen LogP contribution < -0.4 is 0 Å². The van der Waals surface area contributed by atoms with E-state index in [1.54, 1.807) is 0 Å². The fourth-order valence-electron chi connectivity index (χ4n) is 4.66. The lowest BCUT2D eigenvalue weighted by Gasteiger charge is -2.38. The van der Waals surface area contributed by atoms with Gasteiger partial charge in [-0.05, 0) is 49.3 Å².